The zero-order valence-corrected chi connectivity index (χ0v) is 25.2. The molecule has 1 aromatic carbocycles. The number of pyridine rings is 2. The Morgan fingerprint density at radius 1 is 1.02 bits per heavy atom. The van der Waals surface area contributed by atoms with Gasteiger partial charge in [0.2, 0.25) is 21.8 Å². The number of anilines is 1. The minimum absolute atomic E-state index is 0.137. The molecule has 2 aromatic heterocycles. The van der Waals surface area contributed by atoms with Crippen LogP contribution in [0.4, 0.5) is 10.2 Å². The van der Waals surface area contributed by atoms with Gasteiger partial charge in [0, 0.05) is 17.5 Å². The predicted molar refractivity (Wildman–Crippen MR) is 160 cm³/mol. The van der Waals surface area contributed by atoms with Gasteiger partial charge in [-0.1, -0.05) is 38.1 Å². The first-order chi connectivity index (χ1) is 20.4. The van der Waals surface area contributed by atoms with Gasteiger partial charge in [-0.15, -0.1) is 0 Å². The van der Waals surface area contributed by atoms with Crippen molar-refractivity contribution in [2.24, 2.45) is 0 Å². The lowest BCUT2D eigenvalue weighted by molar-refractivity contribution is -0.139. The number of fused-ring (bicyclic) bond motifs is 3. The van der Waals surface area contributed by atoms with Gasteiger partial charge >= 0.3 is 5.97 Å². The number of rotatable bonds is 11. The maximum atomic E-state index is 14.0. The number of nitrogens with zero attached hydrogens (tertiary/aromatic N) is 3. The fourth-order valence-corrected chi connectivity index (χ4v) is 6.23. The number of hydrogen-bond acceptors (Lipinski definition) is 9. The molecule has 0 aliphatic heterocycles. The van der Waals surface area contributed by atoms with Crippen LogP contribution < -0.4 is 3.71 Å². The van der Waals surface area contributed by atoms with Crippen molar-refractivity contribution >= 4 is 39.6 Å². The van der Waals surface area contributed by atoms with E-state index < -0.39 is 52.2 Å². The second-order valence-corrected chi connectivity index (χ2v) is 12.5. The van der Waals surface area contributed by atoms with Crippen LogP contribution in [0.3, 0.4) is 0 Å². The van der Waals surface area contributed by atoms with Crippen LogP contribution in [0.5, 0.6) is 0 Å². The number of carboxylic acid groups (broad SMARTS) is 1. The number of aliphatic hydroxyl groups is 2. The lowest BCUT2D eigenvalue weighted by atomic mass is 9.86. The Labute approximate surface area is 251 Å². The average molecular weight is 634 g/mol. The summed E-state index contributed by atoms with van der Waals surface area (Å²) >= 11 is 0. The maximum absolute atomic E-state index is 14.0. The van der Waals surface area contributed by atoms with Gasteiger partial charge in [0.25, 0.3) is 0 Å². The number of benzene rings is 1. The van der Waals surface area contributed by atoms with E-state index >= 15 is 0 Å². The SMILES string of the molecule is CC(C)c1nc2c(c(-c3ccc(F)cc3)c1/C=C/[C@@H](O)C[C@@H](O)CC(=O)O)CCCc1nc(N([SH](=O)=O)[SH](=O)=O)ccc1-2. The Morgan fingerprint density at radius 2 is 1.70 bits per heavy atom. The van der Waals surface area contributed by atoms with E-state index in [2.05, 4.69) is 4.98 Å². The van der Waals surface area contributed by atoms with Crippen molar-refractivity contribution in [1.82, 2.24) is 9.97 Å². The van der Waals surface area contributed by atoms with Crippen LogP contribution in [0.1, 0.15) is 61.5 Å². The van der Waals surface area contributed by atoms with E-state index in [1.54, 1.807) is 24.3 Å². The van der Waals surface area contributed by atoms with Gasteiger partial charge in [-0.25, -0.2) is 26.2 Å². The molecule has 3 N–H and O–H groups in total. The van der Waals surface area contributed by atoms with E-state index in [4.69, 9.17) is 10.1 Å². The van der Waals surface area contributed by atoms with E-state index in [9.17, 15) is 36.2 Å². The molecule has 3 aromatic rings. The molecule has 0 fully saturated rings. The number of aliphatic carboxylic acids is 1. The van der Waals surface area contributed by atoms with Crippen molar-refractivity contribution in [3.8, 4) is 22.4 Å². The highest BCUT2D eigenvalue weighted by Crippen LogP contribution is 2.42. The van der Waals surface area contributed by atoms with Crippen LogP contribution in [0, 0.1) is 5.82 Å². The zero-order chi connectivity index (χ0) is 31.4. The number of hydrogen-bond donors (Lipinski definition) is 5. The Hall–Kier alpha value is -3.72. The Balaban J connectivity index is 1.93. The van der Waals surface area contributed by atoms with Crippen LogP contribution in [0.25, 0.3) is 28.5 Å². The molecule has 0 amide bonds. The van der Waals surface area contributed by atoms with Gasteiger partial charge in [-0.3, -0.25) is 9.78 Å². The summed E-state index contributed by atoms with van der Waals surface area (Å²) < 4.78 is 60.6. The lowest BCUT2D eigenvalue weighted by Crippen LogP contribution is -2.20. The second kappa shape index (κ2) is 13.7. The van der Waals surface area contributed by atoms with Gasteiger partial charge in [0.15, 0.2) is 5.82 Å². The van der Waals surface area contributed by atoms with Gasteiger partial charge in [-0.05, 0) is 66.1 Å². The number of aliphatic hydroxyl groups excluding tert-OH is 2. The third-order valence-electron chi connectivity index (χ3n) is 7.02. The fraction of sp³-hybridized carbons (Fsp3) is 0.345. The second-order valence-electron chi connectivity index (χ2n) is 10.5. The molecular formula is C29H32FN3O8S2. The molecule has 2 atom stereocenters. The molecular weight excluding hydrogens is 601 g/mol. The third-order valence-corrected chi connectivity index (χ3v) is 8.93. The lowest BCUT2D eigenvalue weighted by Gasteiger charge is -2.22. The largest absolute Gasteiger partial charge is 0.481 e. The maximum Gasteiger partial charge on any atom is 0.305 e. The van der Waals surface area contributed by atoms with E-state index in [1.807, 2.05) is 13.8 Å². The summed E-state index contributed by atoms with van der Waals surface area (Å²) in [5, 5.41) is 29.5. The highest BCUT2D eigenvalue weighted by Gasteiger charge is 2.27. The number of aryl methyl sites for hydroxylation is 1. The van der Waals surface area contributed by atoms with Crippen molar-refractivity contribution in [3.63, 3.8) is 0 Å². The Morgan fingerprint density at radius 3 is 2.30 bits per heavy atom. The molecule has 11 nitrogen and oxygen atoms in total. The van der Waals surface area contributed by atoms with Crippen LogP contribution >= 0.6 is 0 Å². The van der Waals surface area contributed by atoms with Gasteiger partial charge in [-0.2, -0.15) is 3.71 Å². The van der Waals surface area contributed by atoms with Gasteiger partial charge < -0.3 is 15.3 Å². The predicted octanol–water partition coefficient (Wildman–Crippen LogP) is 3.02. The summed E-state index contributed by atoms with van der Waals surface area (Å²) in [5.74, 6) is -1.98. The Kier molecular flexibility index (Phi) is 10.3. The van der Waals surface area contributed by atoms with Crippen LogP contribution in [0.2, 0.25) is 0 Å². The molecule has 230 valence electrons. The number of carboxylic acids is 1. The van der Waals surface area contributed by atoms with Crippen LogP contribution in [0.15, 0.2) is 42.5 Å². The number of aromatic nitrogens is 2. The summed E-state index contributed by atoms with van der Waals surface area (Å²) in [5.41, 5.74) is 5.21. The van der Waals surface area contributed by atoms with E-state index in [0.717, 1.165) is 11.1 Å². The van der Waals surface area contributed by atoms with Crippen molar-refractivity contribution in [1.29, 1.82) is 0 Å². The normalized spacial score (nSPS) is 14.5. The van der Waals surface area contributed by atoms with Gasteiger partial charge in [0.1, 0.15) is 5.82 Å². The monoisotopic (exact) mass is 633 g/mol. The highest BCUT2D eigenvalue weighted by atomic mass is 32.2. The number of thiol groups is 2. The van der Waals surface area contributed by atoms with Crippen LogP contribution in [-0.2, 0) is 39.4 Å². The van der Waals surface area contributed by atoms with E-state index in [0.29, 0.717) is 53.0 Å². The van der Waals surface area contributed by atoms with Crippen molar-refractivity contribution in [3.05, 3.63) is 70.8 Å². The molecule has 14 heteroatoms. The van der Waals surface area contributed by atoms with Crippen LogP contribution in [-0.4, -0.2) is 60.3 Å². The first-order valence-corrected chi connectivity index (χ1v) is 15.8. The topological polar surface area (TPSA) is 175 Å². The highest BCUT2D eigenvalue weighted by molar-refractivity contribution is 7.92. The summed E-state index contributed by atoms with van der Waals surface area (Å²) in [6, 6.07) is 8.86. The molecule has 0 unspecified atom stereocenters. The van der Waals surface area contributed by atoms with Crippen molar-refractivity contribution in [2.45, 2.75) is 64.1 Å². The molecule has 4 rings (SSSR count). The van der Waals surface area contributed by atoms with Crippen molar-refractivity contribution in [2.75, 3.05) is 3.71 Å². The first-order valence-electron chi connectivity index (χ1n) is 13.5. The minimum atomic E-state index is -3.47. The first kappa shape index (κ1) is 32.2. The minimum Gasteiger partial charge on any atom is -0.481 e. The molecule has 0 saturated carbocycles. The molecule has 0 radical (unpaired) electrons. The third kappa shape index (κ3) is 7.44. The smallest absolute Gasteiger partial charge is 0.305 e. The summed E-state index contributed by atoms with van der Waals surface area (Å²) in [6.07, 6.45) is 1.54. The van der Waals surface area contributed by atoms with E-state index in [1.165, 1.54) is 24.3 Å². The molecule has 2 heterocycles. The number of carbonyl (C=O) groups is 1. The fourth-order valence-electron chi connectivity index (χ4n) is 5.19. The average Bonchev–Trinajstić information content (AvgIpc) is 3.09. The summed E-state index contributed by atoms with van der Waals surface area (Å²) in [4.78, 5) is 20.3. The van der Waals surface area contributed by atoms with Crippen molar-refractivity contribution < 1.29 is 41.3 Å². The Bertz CT molecular complexity index is 1670. The van der Waals surface area contributed by atoms with E-state index in [-0.39, 0.29) is 21.9 Å². The molecule has 43 heavy (non-hydrogen) atoms. The summed E-state index contributed by atoms with van der Waals surface area (Å²) in [6.45, 7) is 3.86. The molecule has 0 saturated heterocycles. The molecule has 1 aliphatic rings. The summed E-state index contributed by atoms with van der Waals surface area (Å²) in [7, 11) is -6.95. The number of halogens is 1. The van der Waals surface area contributed by atoms with Gasteiger partial charge in [0.05, 0.1) is 35.7 Å². The molecule has 0 spiro atoms. The molecule has 0 bridgehead atoms. The standard InChI is InChI=1S/C29H32FN3O8S2/c1-16(2)28-23(11-10-19(34)14-20(35)15-26(36)37)27(17-6-8-18(30)9-7-17)22-4-3-5-24-21(29(22)32-28)12-13-25(31-24)33(42(38)39)43(40)41/h6-13,16,19-20,34-35,42-43H,3-5,14-15H2,1-2H3,(H,36,37)/b11-10+/t19-,20-/m1/s1. The molecule has 1 aliphatic carbocycles. The quantitative estimate of drug-likeness (QED) is 0.197. The zero-order valence-electron chi connectivity index (χ0n) is 23.4.